The molecule has 0 saturated heterocycles. The molecule has 23 heavy (non-hydrogen) atoms. The first kappa shape index (κ1) is 14.0. The van der Waals surface area contributed by atoms with Crippen LogP contribution in [0.1, 0.15) is 25.0 Å². The van der Waals surface area contributed by atoms with Crippen molar-refractivity contribution in [2.45, 2.75) is 19.3 Å². The van der Waals surface area contributed by atoms with Crippen LogP contribution >= 0.6 is 0 Å². The Morgan fingerprint density at radius 2 is 1.57 bits per heavy atom. The molecule has 2 heterocycles. The van der Waals surface area contributed by atoms with Crippen molar-refractivity contribution in [1.82, 2.24) is 4.98 Å². The van der Waals surface area contributed by atoms with E-state index in [0.717, 1.165) is 5.69 Å². The van der Waals surface area contributed by atoms with Gasteiger partial charge in [0.05, 0.1) is 11.4 Å². The van der Waals surface area contributed by atoms with Gasteiger partial charge in [-0.1, -0.05) is 56.3 Å². The Bertz CT molecular complexity index is 866. The van der Waals surface area contributed by atoms with Crippen LogP contribution in [0.3, 0.4) is 0 Å². The van der Waals surface area contributed by atoms with Crippen molar-refractivity contribution in [3.63, 3.8) is 0 Å². The SMILES string of the molecule is CN1c2ccccc2C(C)(C)c2cccc(-c3ccccn3)c21. The van der Waals surface area contributed by atoms with Crippen LogP contribution in [-0.4, -0.2) is 12.0 Å². The Labute approximate surface area is 137 Å². The number of fused-ring (bicyclic) bond motifs is 2. The van der Waals surface area contributed by atoms with Crippen molar-refractivity contribution in [3.05, 3.63) is 78.0 Å². The zero-order valence-electron chi connectivity index (χ0n) is 13.7. The summed E-state index contributed by atoms with van der Waals surface area (Å²) in [6.45, 7) is 4.61. The highest BCUT2D eigenvalue weighted by Crippen LogP contribution is 2.50. The highest BCUT2D eigenvalue weighted by molar-refractivity contribution is 5.88. The summed E-state index contributed by atoms with van der Waals surface area (Å²) in [6, 6.07) is 21.3. The molecule has 2 heteroatoms. The van der Waals surface area contributed by atoms with Gasteiger partial charge in [-0.15, -0.1) is 0 Å². The molecular weight excluding hydrogens is 280 g/mol. The molecule has 0 fully saturated rings. The van der Waals surface area contributed by atoms with Crippen molar-refractivity contribution in [2.75, 3.05) is 11.9 Å². The number of rotatable bonds is 1. The van der Waals surface area contributed by atoms with Crippen molar-refractivity contribution in [1.29, 1.82) is 0 Å². The molecule has 2 nitrogen and oxygen atoms in total. The van der Waals surface area contributed by atoms with Crippen LogP contribution in [0.2, 0.25) is 0 Å². The monoisotopic (exact) mass is 300 g/mol. The quantitative estimate of drug-likeness (QED) is 0.617. The van der Waals surface area contributed by atoms with Crippen LogP contribution in [0.5, 0.6) is 0 Å². The van der Waals surface area contributed by atoms with Crippen LogP contribution in [0, 0.1) is 0 Å². The largest absolute Gasteiger partial charge is 0.344 e. The van der Waals surface area contributed by atoms with Crippen molar-refractivity contribution in [3.8, 4) is 11.3 Å². The van der Waals surface area contributed by atoms with Crippen molar-refractivity contribution >= 4 is 11.4 Å². The standard InChI is InChI=1S/C21H20N2/c1-21(2)16-10-4-5-13-19(16)23(3)20-15(9-8-11-17(20)21)18-12-6-7-14-22-18/h4-14H,1-3H3. The zero-order chi connectivity index (χ0) is 16.0. The summed E-state index contributed by atoms with van der Waals surface area (Å²) < 4.78 is 0. The van der Waals surface area contributed by atoms with E-state index in [2.05, 4.69) is 79.3 Å². The minimum atomic E-state index is -0.0246. The van der Waals surface area contributed by atoms with E-state index < -0.39 is 0 Å². The molecule has 0 saturated carbocycles. The second-order valence-corrected chi connectivity index (χ2v) is 6.62. The maximum atomic E-state index is 4.57. The van der Waals surface area contributed by atoms with E-state index in [1.54, 1.807) is 0 Å². The third-order valence-electron chi connectivity index (χ3n) is 4.92. The van der Waals surface area contributed by atoms with Gasteiger partial charge in [-0.2, -0.15) is 0 Å². The molecular formula is C21H20N2. The summed E-state index contributed by atoms with van der Waals surface area (Å²) in [4.78, 5) is 6.87. The van der Waals surface area contributed by atoms with Crippen LogP contribution in [0.15, 0.2) is 66.9 Å². The average molecular weight is 300 g/mol. The van der Waals surface area contributed by atoms with Crippen LogP contribution in [-0.2, 0) is 5.41 Å². The fourth-order valence-electron chi connectivity index (χ4n) is 3.70. The first-order chi connectivity index (χ1) is 11.1. The number of pyridine rings is 1. The predicted molar refractivity (Wildman–Crippen MR) is 96.3 cm³/mol. The lowest BCUT2D eigenvalue weighted by Gasteiger charge is -2.41. The molecule has 0 bridgehead atoms. The van der Waals surface area contributed by atoms with E-state index in [-0.39, 0.29) is 5.41 Å². The molecule has 0 N–H and O–H groups in total. The Hall–Kier alpha value is -2.61. The second-order valence-electron chi connectivity index (χ2n) is 6.62. The summed E-state index contributed by atoms with van der Waals surface area (Å²) in [6.07, 6.45) is 1.86. The Morgan fingerprint density at radius 1 is 0.826 bits per heavy atom. The number of para-hydroxylation sites is 2. The molecule has 2 aromatic carbocycles. The summed E-state index contributed by atoms with van der Waals surface area (Å²) in [5.41, 5.74) is 7.43. The molecule has 114 valence electrons. The summed E-state index contributed by atoms with van der Waals surface area (Å²) in [5.74, 6) is 0. The first-order valence-electron chi connectivity index (χ1n) is 7.99. The smallest absolute Gasteiger partial charge is 0.0723 e. The molecule has 0 spiro atoms. The van der Waals surface area contributed by atoms with Gasteiger partial charge in [-0.25, -0.2) is 0 Å². The normalized spacial score (nSPS) is 15.0. The number of aromatic nitrogens is 1. The number of nitrogens with zero attached hydrogens (tertiary/aromatic N) is 2. The summed E-state index contributed by atoms with van der Waals surface area (Å²) in [5, 5.41) is 0. The van der Waals surface area contributed by atoms with E-state index in [1.165, 1.54) is 28.1 Å². The lowest BCUT2D eigenvalue weighted by atomic mass is 9.73. The van der Waals surface area contributed by atoms with E-state index in [9.17, 15) is 0 Å². The van der Waals surface area contributed by atoms with Gasteiger partial charge in [0.15, 0.2) is 0 Å². The Balaban J connectivity index is 2.03. The first-order valence-corrected chi connectivity index (χ1v) is 7.99. The molecule has 0 amide bonds. The minimum absolute atomic E-state index is 0.0246. The molecule has 0 aliphatic carbocycles. The fourth-order valence-corrected chi connectivity index (χ4v) is 3.70. The molecule has 4 rings (SSSR count). The molecule has 0 unspecified atom stereocenters. The number of hydrogen-bond donors (Lipinski definition) is 0. The minimum Gasteiger partial charge on any atom is -0.344 e. The maximum absolute atomic E-state index is 4.57. The van der Waals surface area contributed by atoms with Gasteiger partial charge in [-0.05, 0) is 29.3 Å². The number of anilines is 2. The maximum Gasteiger partial charge on any atom is 0.0723 e. The fraction of sp³-hybridized carbons (Fsp3) is 0.190. The van der Waals surface area contributed by atoms with Gasteiger partial charge in [0.2, 0.25) is 0 Å². The van der Waals surface area contributed by atoms with E-state index in [1.807, 2.05) is 18.3 Å². The second kappa shape index (κ2) is 4.95. The van der Waals surface area contributed by atoms with Gasteiger partial charge in [0.25, 0.3) is 0 Å². The van der Waals surface area contributed by atoms with Crippen LogP contribution < -0.4 is 4.90 Å². The molecule has 1 aliphatic heterocycles. The third kappa shape index (κ3) is 1.98. The van der Waals surface area contributed by atoms with Crippen molar-refractivity contribution < 1.29 is 0 Å². The molecule has 0 atom stereocenters. The van der Waals surface area contributed by atoms with Gasteiger partial charge in [0.1, 0.15) is 0 Å². The topological polar surface area (TPSA) is 16.1 Å². The Kier molecular flexibility index (Phi) is 3.02. The molecule has 3 aromatic rings. The number of benzene rings is 2. The Morgan fingerprint density at radius 3 is 2.35 bits per heavy atom. The van der Waals surface area contributed by atoms with Crippen LogP contribution in [0.4, 0.5) is 11.4 Å². The van der Waals surface area contributed by atoms with E-state index >= 15 is 0 Å². The van der Waals surface area contributed by atoms with Gasteiger partial charge < -0.3 is 4.90 Å². The summed E-state index contributed by atoms with van der Waals surface area (Å²) >= 11 is 0. The lowest BCUT2D eigenvalue weighted by Crippen LogP contribution is -2.31. The highest BCUT2D eigenvalue weighted by atomic mass is 15.1. The van der Waals surface area contributed by atoms with Gasteiger partial charge in [0, 0.05) is 29.9 Å². The van der Waals surface area contributed by atoms with Crippen LogP contribution in [0.25, 0.3) is 11.3 Å². The van der Waals surface area contributed by atoms with Gasteiger partial charge in [-0.3, -0.25) is 4.98 Å². The number of hydrogen-bond acceptors (Lipinski definition) is 2. The zero-order valence-corrected chi connectivity index (χ0v) is 13.7. The molecule has 1 aromatic heterocycles. The predicted octanol–water partition coefficient (Wildman–Crippen LogP) is 5.16. The van der Waals surface area contributed by atoms with Crippen molar-refractivity contribution in [2.24, 2.45) is 0 Å². The lowest BCUT2D eigenvalue weighted by molar-refractivity contribution is 0.630. The molecule has 0 radical (unpaired) electrons. The summed E-state index contributed by atoms with van der Waals surface area (Å²) in [7, 11) is 2.15. The van der Waals surface area contributed by atoms with E-state index in [0.29, 0.717) is 0 Å². The van der Waals surface area contributed by atoms with Gasteiger partial charge >= 0.3 is 0 Å². The van der Waals surface area contributed by atoms with E-state index in [4.69, 9.17) is 0 Å². The highest BCUT2D eigenvalue weighted by Gasteiger charge is 2.36. The average Bonchev–Trinajstić information content (AvgIpc) is 2.60. The third-order valence-corrected chi connectivity index (χ3v) is 4.92. The molecule has 1 aliphatic rings.